The molecule has 1 aromatic carbocycles. The molecule has 1 saturated heterocycles. The van der Waals surface area contributed by atoms with E-state index in [0.717, 1.165) is 12.1 Å². The highest BCUT2D eigenvalue weighted by atomic mass is 28.4. The molecule has 1 heterocycles. The van der Waals surface area contributed by atoms with Gasteiger partial charge in [-0.1, -0.05) is 45.9 Å². The number of ether oxygens (including phenoxy) is 2. The normalized spacial score (nSPS) is 27.0. The molecular weight excluding hydrogens is 449 g/mol. The van der Waals surface area contributed by atoms with E-state index in [1.165, 1.54) is 12.1 Å². The van der Waals surface area contributed by atoms with Crippen LogP contribution in [0, 0.1) is 17.8 Å². The van der Waals surface area contributed by atoms with Gasteiger partial charge in [0.05, 0.1) is 24.7 Å². The van der Waals surface area contributed by atoms with Gasteiger partial charge in [0.25, 0.3) is 0 Å². The Hall–Kier alpha value is -1.80. The van der Waals surface area contributed by atoms with E-state index in [1.807, 2.05) is 13.0 Å². The third-order valence-electron chi connectivity index (χ3n) is 7.14. The number of carbonyl (C=O) groups excluding carboxylic acids is 1. The minimum absolute atomic E-state index is 0.0122. The summed E-state index contributed by atoms with van der Waals surface area (Å²) in [4.78, 5) is 11.9. The molecule has 0 N–H and O–H groups in total. The van der Waals surface area contributed by atoms with Crippen LogP contribution in [0.4, 0.5) is 13.2 Å². The van der Waals surface area contributed by atoms with E-state index >= 15 is 0 Å². The number of rotatable bonds is 7. The van der Waals surface area contributed by atoms with Crippen molar-refractivity contribution in [1.29, 1.82) is 0 Å². The first-order valence-corrected chi connectivity index (χ1v) is 14.4. The summed E-state index contributed by atoms with van der Waals surface area (Å²) in [5.74, 6) is 0.173. The molecule has 5 atom stereocenters. The first kappa shape index (κ1) is 25.8. The van der Waals surface area contributed by atoms with Crippen LogP contribution in [0.15, 0.2) is 36.4 Å². The van der Waals surface area contributed by atoms with E-state index in [4.69, 9.17) is 13.9 Å². The Morgan fingerprint density at radius 2 is 1.94 bits per heavy atom. The molecule has 4 unspecified atom stereocenters. The lowest BCUT2D eigenvalue weighted by atomic mass is 9.91. The zero-order chi connectivity index (χ0) is 24.6. The number of fused-ring (bicyclic) bond motifs is 1. The third-order valence-corrected chi connectivity index (χ3v) is 11.6. The second kappa shape index (κ2) is 9.45. The van der Waals surface area contributed by atoms with Gasteiger partial charge in [-0.15, -0.1) is 0 Å². The smallest absolute Gasteiger partial charge is 0.416 e. The molecule has 0 spiro atoms. The van der Waals surface area contributed by atoms with Crippen molar-refractivity contribution >= 4 is 14.3 Å². The van der Waals surface area contributed by atoms with Crippen LogP contribution < -0.4 is 4.74 Å². The minimum Gasteiger partial charge on any atom is -0.493 e. The first-order valence-electron chi connectivity index (χ1n) is 11.5. The van der Waals surface area contributed by atoms with Crippen molar-refractivity contribution in [2.75, 3.05) is 6.61 Å². The number of hydrogen-bond donors (Lipinski definition) is 0. The Balaban J connectivity index is 1.66. The van der Waals surface area contributed by atoms with Crippen molar-refractivity contribution < 1.29 is 31.9 Å². The SMILES string of the molecule is CC(/C=C/[C@H]1C(O[Si](C)(C)C(C)(C)C)CC2OC(=O)CC21)COc1cccc(C(F)(F)F)c1. The number of esters is 1. The van der Waals surface area contributed by atoms with Crippen LogP contribution in [0.25, 0.3) is 0 Å². The number of benzene rings is 1. The molecule has 3 rings (SSSR count). The lowest BCUT2D eigenvalue weighted by Crippen LogP contribution is -2.45. The summed E-state index contributed by atoms with van der Waals surface area (Å²) in [5, 5.41) is 0.0712. The zero-order valence-electron chi connectivity index (χ0n) is 20.2. The Kier molecular flexibility index (Phi) is 7.39. The van der Waals surface area contributed by atoms with Crippen molar-refractivity contribution in [2.45, 2.75) is 77.1 Å². The fourth-order valence-electron chi connectivity index (χ4n) is 4.21. The topological polar surface area (TPSA) is 44.8 Å². The maximum absolute atomic E-state index is 12.9. The van der Waals surface area contributed by atoms with Crippen LogP contribution in [0.2, 0.25) is 18.1 Å². The van der Waals surface area contributed by atoms with Gasteiger partial charge < -0.3 is 13.9 Å². The second-order valence-corrected chi connectivity index (χ2v) is 15.6. The Morgan fingerprint density at radius 3 is 2.58 bits per heavy atom. The minimum atomic E-state index is -4.40. The number of halogens is 3. The molecule has 1 aliphatic carbocycles. The van der Waals surface area contributed by atoms with Crippen molar-refractivity contribution in [1.82, 2.24) is 0 Å². The molecule has 2 aliphatic rings. The van der Waals surface area contributed by atoms with Crippen molar-refractivity contribution in [3.63, 3.8) is 0 Å². The molecule has 2 fully saturated rings. The third kappa shape index (κ3) is 6.21. The molecular formula is C25H35F3O4Si. The maximum atomic E-state index is 12.9. The molecule has 184 valence electrons. The van der Waals surface area contributed by atoms with Gasteiger partial charge in [0, 0.05) is 24.2 Å². The number of hydrogen-bond acceptors (Lipinski definition) is 4. The molecule has 1 aromatic rings. The van der Waals surface area contributed by atoms with Gasteiger partial charge >= 0.3 is 12.1 Å². The van der Waals surface area contributed by atoms with Gasteiger partial charge in [-0.3, -0.25) is 4.79 Å². The molecule has 0 bridgehead atoms. The van der Waals surface area contributed by atoms with Crippen LogP contribution in [0.1, 0.15) is 46.1 Å². The summed E-state index contributed by atoms with van der Waals surface area (Å²) >= 11 is 0. The van der Waals surface area contributed by atoms with Crippen LogP contribution in [-0.4, -0.2) is 33.1 Å². The van der Waals surface area contributed by atoms with Crippen LogP contribution in [0.5, 0.6) is 5.75 Å². The van der Waals surface area contributed by atoms with Crippen molar-refractivity contribution in [3.05, 3.63) is 42.0 Å². The van der Waals surface area contributed by atoms with Crippen molar-refractivity contribution in [2.24, 2.45) is 17.8 Å². The molecule has 8 heteroatoms. The van der Waals surface area contributed by atoms with E-state index in [0.29, 0.717) is 12.8 Å². The van der Waals surface area contributed by atoms with Gasteiger partial charge in [0.2, 0.25) is 0 Å². The van der Waals surface area contributed by atoms with Gasteiger partial charge in [-0.05, 0) is 36.3 Å². The van der Waals surface area contributed by atoms with E-state index in [2.05, 4.69) is 39.9 Å². The van der Waals surface area contributed by atoms with E-state index in [-0.39, 0.29) is 53.3 Å². The summed E-state index contributed by atoms with van der Waals surface area (Å²) in [6.45, 7) is 13.3. The standard InChI is InChI=1S/C25H35F3O4Si/c1-16(15-30-18-9-7-8-17(12-18)25(26,27)28)10-11-19-20-13-23(29)31-21(20)14-22(19)32-33(5,6)24(2,3)4/h7-12,16,19-22H,13-15H2,1-6H3/b11-10+/t16?,19-,20?,21?,22?/m1/s1. The Labute approximate surface area is 195 Å². The summed E-state index contributed by atoms with van der Waals surface area (Å²) in [6, 6.07) is 4.91. The van der Waals surface area contributed by atoms with Crippen molar-refractivity contribution in [3.8, 4) is 5.75 Å². The fraction of sp³-hybridized carbons (Fsp3) is 0.640. The molecule has 0 amide bonds. The average molecular weight is 485 g/mol. The Morgan fingerprint density at radius 1 is 1.24 bits per heavy atom. The highest BCUT2D eigenvalue weighted by Crippen LogP contribution is 2.47. The number of alkyl halides is 3. The average Bonchev–Trinajstić information content (AvgIpc) is 3.18. The molecule has 1 aliphatic heterocycles. The van der Waals surface area contributed by atoms with Crippen LogP contribution in [0.3, 0.4) is 0 Å². The van der Waals surface area contributed by atoms with Gasteiger partial charge in [-0.2, -0.15) is 13.2 Å². The molecule has 4 nitrogen and oxygen atoms in total. The molecule has 1 saturated carbocycles. The monoisotopic (exact) mass is 484 g/mol. The van der Waals surface area contributed by atoms with Gasteiger partial charge in [-0.25, -0.2) is 0 Å². The zero-order valence-corrected chi connectivity index (χ0v) is 21.2. The summed E-state index contributed by atoms with van der Waals surface area (Å²) in [6.07, 6.45) is 0.694. The highest BCUT2D eigenvalue weighted by molar-refractivity contribution is 6.74. The van der Waals surface area contributed by atoms with Gasteiger partial charge in [0.15, 0.2) is 8.32 Å². The summed E-state index contributed by atoms with van der Waals surface area (Å²) < 4.78 is 56.6. The highest BCUT2D eigenvalue weighted by Gasteiger charge is 2.52. The van der Waals surface area contributed by atoms with Crippen LogP contribution in [-0.2, 0) is 20.1 Å². The van der Waals surface area contributed by atoms with Crippen LogP contribution >= 0.6 is 0 Å². The molecule has 0 aromatic heterocycles. The largest absolute Gasteiger partial charge is 0.493 e. The second-order valence-electron chi connectivity index (χ2n) is 10.8. The lowest BCUT2D eigenvalue weighted by molar-refractivity contribution is -0.142. The lowest BCUT2D eigenvalue weighted by Gasteiger charge is -2.40. The number of carbonyl (C=O) groups is 1. The fourth-order valence-corrected chi connectivity index (χ4v) is 5.57. The van der Waals surface area contributed by atoms with E-state index in [1.54, 1.807) is 0 Å². The maximum Gasteiger partial charge on any atom is 0.416 e. The molecule has 0 radical (unpaired) electrons. The first-order chi connectivity index (χ1) is 15.2. The quantitative estimate of drug-likeness (QED) is 0.248. The van der Waals surface area contributed by atoms with Gasteiger partial charge in [0.1, 0.15) is 11.9 Å². The predicted octanol–water partition coefficient (Wildman–Crippen LogP) is 6.62. The summed E-state index contributed by atoms with van der Waals surface area (Å²) in [7, 11) is -2.00. The van der Waals surface area contributed by atoms with E-state index < -0.39 is 20.1 Å². The molecule has 33 heavy (non-hydrogen) atoms. The summed E-state index contributed by atoms with van der Waals surface area (Å²) in [5.41, 5.74) is -0.725. The predicted molar refractivity (Wildman–Crippen MR) is 123 cm³/mol. The Bertz CT molecular complexity index is 875. The van der Waals surface area contributed by atoms with E-state index in [9.17, 15) is 18.0 Å².